The summed E-state index contributed by atoms with van der Waals surface area (Å²) >= 11 is 0. The van der Waals surface area contributed by atoms with Crippen molar-refractivity contribution < 1.29 is 19.8 Å². The van der Waals surface area contributed by atoms with Crippen LogP contribution in [0.3, 0.4) is 0 Å². The van der Waals surface area contributed by atoms with Crippen molar-refractivity contribution in [3.05, 3.63) is 69.8 Å². The summed E-state index contributed by atoms with van der Waals surface area (Å²) in [4.78, 5) is 23.2. The summed E-state index contributed by atoms with van der Waals surface area (Å²) in [6, 6.07) is 12.2. The Balaban J connectivity index is 2.84. The Bertz CT molecular complexity index is 885. The first-order valence-electron chi connectivity index (χ1n) is 7.28. The van der Waals surface area contributed by atoms with Gasteiger partial charge < -0.3 is 10.2 Å². The zero-order valence-electron chi connectivity index (χ0n) is 13.6. The third-order valence-electron chi connectivity index (χ3n) is 4.10. The first-order chi connectivity index (χ1) is 11.7. The van der Waals surface area contributed by atoms with E-state index in [1.807, 2.05) is 12.1 Å². The highest BCUT2D eigenvalue weighted by atomic mass is 16.4. The number of carbonyl (C=O) groups is 2. The quantitative estimate of drug-likeness (QED) is 0.885. The summed E-state index contributed by atoms with van der Waals surface area (Å²) in [5.74, 6) is -2.36. The van der Waals surface area contributed by atoms with E-state index in [-0.39, 0.29) is 22.3 Å². The zero-order valence-corrected chi connectivity index (χ0v) is 13.6. The van der Waals surface area contributed by atoms with E-state index in [2.05, 4.69) is 0 Å². The van der Waals surface area contributed by atoms with Crippen molar-refractivity contribution in [3.8, 4) is 12.1 Å². The summed E-state index contributed by atoms with van der Waals surface area (Å²) in [6.07, 6.45) is 0. The normalized spacial score (nSPS) is 10.6. The minimum atomic E-state index is -1.18. The molecule has 2 aromatic carbocycles. The van der Waals surface area contributed by atoms with Crippen LogP contribution in [0.5, 0.6) is 0 Å². The maximum Gasteiger partial charge on any atom is 0.335 e. The summed E-state index contributed by atoms with van der Waals surface area (Å²) in [5, 5.41) is 37.2. The highest BCUT2D eigenvalue weighted by Crippen LogP contribution is 2.37. The predicted molar refractivity (Wildman–Crippen MR) is 88.4 cm³/mol. The molecule has 0 fully saturated rings. The molecule has 0 amide bonds. The van der Waals surface area contributed by atoms with E-state index in [0.717, 1.165) is 0 Å². The van der Waals surface area contributed by atoms with Crippen LogP contribution in [-0.2, 0) is 5.41 Å². The number of hydrogen-bond acceptors (Lipinski definition) is 4. The Morgan fingerprint density at radius 2 is 1.20 bits per heavy atom. The molecule has 0 bridgehead atoms. The number of aromatic carboxylic acids is 2. The van der Waals surface area contributed by atoms with Crippen LogP contribution in [0.15, 0.2) is 36.4 Å². The maximum atomic E-state index is 11.6. The topological polar surface area (TPSA) is 122 Å². The van der Waals surface area contributed by atoms with Gasteiger partial charge >= 0.3 is 11.9 Å². The lowest BCUT2D eigenvalue weighted by Gasteiger charge is -2.29. The lowest BCUT2D eigenvalue weighted by molar-refractivity contribution is 0.0686. The number of carboxylic acids is 2. The molecular weight excluding hydrogens is 320 g/mol. The fourth-order valence-corrected chi connectivity index (χ4v) is 2.78. The largest absolute Gasteiger partial charge is 0.478 e. The molecule has 0 atom stereocenters. The van der Waals surface area contributed by atoms with E-state index < -0.39 is 17.4 Å². The molecule has 6 heteroatoms. The lowest BCUT2D eigenvalue weighted by atomic mass is 9.73. The molecule has 2 rings (SSSR count). The van der Waals surface area contributed by atoms with Gasteiger partial charge in [-0.15, -0.1) is 0 Å². The molecule has 0 aromatic heterocycles. The van der Waals surface area contributed by atoms with Crippen LogP contribution in [0.25, 0.3) is 0 Å². The first-order valence-corrected chi connectivity index (χ1v) is 7.28. The van der Waals surface area contributed by atoms with E-state index in [1.54, 1.807) is 13.8 Å². The van der Waals surface area contributed by atoms with E-state index in [1.165, 1.54) is 36.4 Å². The number of nitriles is 2. The Hall–Kier alpha value is -3.64. The third-order valence-corrected chi connectivity index (χ3v) is 4.10. The van der Waals surface area contributed by atoms with Gasteiger partial charge in [0.15, 0.2) is 0 Å². The van der Waals surface area contributed by atoms with Gasteiger partial charge in [0.25, 0.3) is 0 Å². The van der Waals surface area contributed by atoms with Gasteiger partial charge in [-0.25, -0.2) is 9.59 Å². The van der Waals surface area contributed by atoms with Crippen LogP contribution < -0.4 is 0 Å². The van der Waals surface area contributed by atoms with Crippen molar-refractivity contribution in [3.63, 3.8) is 0 Å². The first kappa shape index (κ1) is 17.7. The van der Waals surface area contributed by atoms with Gasteiger partial charge in [-0.1, -0.05) is 13.8 Å². The van der Waals surface area contributed by atoms with Gasteiger partial charge in [0, 0.05) is 5.41 Å². The predicted octanol–water partition coefficient (Wildman–Crippen LogP) is 3.15. The van der Waals surface area contributed by atoms with E-state index in [4.69, 9.17) is 10.5 Å². The smallest absolute Gasteiger partial charge is 0.335 e. The van der Waals surface area contributed by atoms with Gasteiger partial charge in [-0.2, -0.15) is 10.5 Å². The van der Waals surface area contributed by atoms with Crippen LogP contribution in [0.2, 0.25) is 0 Å². The van der Waals surface area contributed by atoms with Gasteiger partial charge in [0.1, 0.15) is 0 Å². The Morgan fingerprint density at radius 1 is 0.840 bits per heavy atom. The molecule has 0 saturated heterocycles. The number of hydrogen-bond donors (Lipinski definition) is 2. The molecule has 0 unspecified atom stereocenters. The molecule has 0 saturated carbocycles. The third kappa shape index (κ3) is 3.19. The van der Waals surface area contributed by atoms with Crippen LogP contribution >= 0.6 is 0 Å². The molecule has 124 valence electrons. The summed E-state index contributed by atoms with van der Waals surface area (Å²) < 4.78 is 0. The van der Waals surface area contributed by atoms with Crippen molar-refractivity contribution in [2.45, 2.75) is 19.3 Å². The van der Waals surface area contributed by atoms with Crippen LogP contribution in [0.4, 0.5) is 0 Å². The molecule has 0 aliphatic carbocycles. The van der Waals surface area contributed by atoms with Gasteiger partial charge in [-0.05, 0) is 47.5 Å². The Labute approximate surface area is 144 Å². The summed E-state index contributed by atoms with van der Waals surface area (Å²) in [7, 11) is 0. The average Bonchev–Trinajstić information content (AvgIpc) is 2.60. The van der Waals surface area contributed by atoms with Crippen LogP contribution in [0, 0.1) is 22.7 Å². The summed E-state index contributed by atoms with van der Waals surface area (Å²) in [5.41, 5.74) is 0.0303. The molecule has 0 heterocycles. The minimum absolute atomic E-state index is 0.0253. The zero-order chi connectivity index (χ0) is 18.8. The van der Waals surface area contributed by atoms with Crippen molar-refractivity contribution >= 4 is 11.9 Å². The molecule has 0 spiro atoms. The molecule has 0 aliphatic rings. The number of nitrogens with zero attached hydrogens (tertiary/aromatic N) is 2. The highest BCUT2D eigenvalue weighted by Gasteiger charge is 2.32. The maximum absolute atomic E-state index is 11.6. The minimum Gasteiger partial charge on any atom is -0.478 e. The van der Waals surface area contributed by atoms with Crippen LogP contribution in [0.1, 0.15) is 56.8 Å². The second kappa shape index (κ2) is 6.46. The summed E-state index contributed by atoms with van der Waals surface area (Å²) in [6.45, 7) is 3.33. The fraction of sp³-hybridized carbons (Fsp3) is 0.158. The molecule has 2 aromatic rings. The van der Waals surface area contributed by atoms with E-state index in [0.29, 0.717) is 11.1 Å². The molecular formula is C19H14N2O4. The van der Waals surface area contributed by atoms with E-state index >= 15 is 0 Å². The lowest BCUT2D eigenvalue weighted by Crippen LogP contribution is -2.25. The van der Waals surface area contributed by atoms with Gasteiger partial charge in [-0.3, -0.25) is 0 Å². The SMILES string of the molecule is CC(C)(c1cc(C#N)ccc1C(=O)O)c1cc(C#N)ccc1C(=O)O. The number of rotatable bonds is 4. The molecule has 0 aliphatic heterocycles. The van der Waals surface area contributed by atoms with E-state index in [9.17, 15) is 19.8 Å². The van der Waals surface area contributed by atoms with Crippen molar-refractivity contribution in [1.29, 1.82) is 10.5 Å². The highest BCUT2D eigenvalue weighted by molar-refractivity contribution is 5.92. The van der Waals surface area contributed by atoms with Crippen molar-refractivity contribution in [1.82, 2.24) is 0 Å². The standard InChI is InChI=1S/C19H14N2O4/c1-19(2,15-7-11(9-20)3-5-13(15)17(22)23)16-8-12(10-21)4-6-14(16)18(24)25/h3-8H,1-2H3,(H,22,23)(H,24,25). The molecule has 25 heavy (non-hydrogen) atoms. The van der Waals surface area contributed by atoms with Crippen molar-refractivity contribution in [2.75, 3.05) is 0 Å². The molecule has 2 N–H and O–H groups in total. The molecule has 0 radical (unpaired) electrons. The average molecular weight is 334 g/mol. The molecule has 6 nitrogen and oxygen atoms in total. The van der Waals surface area contributed by atoms with Gasteiger partial charge in [0.2, 0.25) is 0 Å². The Kier molecular flexibility index (Phi) is 4.58. The monoisotopic (exact) mass is 334 g/mol. The second-order valence-corrected chi connectivity index (χ2v) is 5.98. The fourth-order valence-electron chi connectivity index (χ4n) is 2.78. The Morgan fingerprint density at radius 3 is 1.48 bits per heavy atom. The number of carboxylic acid groups (broad SMARTS) is 2. The van der Waals surface area contributed by atoms with Gasteiger partial charge in [0.05, 0.1) is 34.4 Å². The second-order valence-electron chi connectivity index (χ2n) is 5.98. The van der Waals surface area contributed by atoms with Crippen molar-refractivity contribution in [2.24, 2.45) is 0 Å². The van der Waals surface area contributed by atoms with Crippen LogP contribution in [-0.4, -0.2) is 22.2 Å². The number of benzene rings is 2.